The molecule has 4 rings (SSSR count). The highest BCUT2D eigenvalue weighted by Crippen LogP contribution is 2.27. The number of hydrogen-bond donors (Lipinski definition) is 0. The minimum atomic E-state index is -3.98. The quantitative estimate of drug-likeness (QED) is 0.687. The molecule has 2 amide bonds. The third-order valence-corrected chi connectivity index (χ3v) is 7.15. The van der Waals surface area contributed by atoms with Crippen LogP contribution in [0.25, 0.3) is 0 Å². The van der Waals surface area contributed by atoms with Crippen LogP contribution < -0.4 is 0 Å². The van der Waals surface area contributed by atoms with E-state index in [-0.39, 0.29) is 41.4 Å². The fraction of sp³-hybridized carbons (Fsp3) is 0.316. The van der Waals surface area contributed by atoms with E-state index in [9.17, 15) is 22.4 Å². The monoisotopic (exact) mass is 418 g/mol. The van der Waals surface area contributed by atoms with Crippen molar-refractivity contribution in [2.75, 3.05) is 33.2 Å². The molecule has 2 aliphatic heterocycles. The van der Waals surface area contributed by atoms with E-state index >= 15 is 0 Å². The van der Waals surface area contributed by atoms with Crippen molar-refractivity contribution in [3.05, 3.63) is 59.2 Å². The zero-order valence-corrected chi connectivity index (χ0v) is 16.5. The van der Waals surface area contributed by atoms with Crippen LogP contribution in [0.5, 0.6) is 0 Å². The number of halogens is 1. The van der Waals surface area contributed by atoms with Gasteiger partial charge in [0.15, 0.2) is 0 Å². The summed E-state index contributed by atoms with van der Waals surface area (Å²) >= 11 is 0. The van der Waals surface area contributed by atoms with Crippen LogP contribution in [0.4, 0.5) is 4.39 Å². The average molecular weight is 418 g/mol. The summed E-state index contributed by atoms with van der Waals surface area (Å²) < 4.78 is 41.6. The van der Waals surface area contributed by atoms with Gasteiger partial charge in [0.1, 0.15) is 11.5 Å². The molecule has 1 fully saturated rings. The Morgan fingerprint density at radius 2 is 1.79 bits per heavy atom. The zero-order chi connectivity index (χ0) is 20.8. The number of piperazine rings is 1. The first-order chi connectivity index (χ1) is 13.8. The molecule has 0 spiro atoms. The van der Waals surface area contributed by atoms with Crippen molar-refractivity contribution in [1.29, 1.82) is 0 Å². The number of carbonyl (C=O) groups is 2. The predicted octanol–water partition coefficient (Wildman–Crippen LogP) is 0.953. The van der Waals surface area contributed by atoms with Crippen LogP contribution in [-0.4, -0.2) is 72.5 Å². The number of likely N-dealkylation sites (N-methyl/N-ethyl adjacent to an activating group) is 1. The first-order valence-electron chi connectivity index (χ1n) is 9.07. The highest BCUT2D eigenvalue weighted by atomic mass is 32.2. The number of nitrogens with zero attached hydrogens (tertiary/aromatic N) is 4. The molecule has 0 N–H and O–H groups in total. The molecule has 0 radical (unpaired) electrons. The maximum Gasteiger partial charge on any atom is 0.280 e. The van der Waals surface area contributed by atoms with Crippen molar-refractivity contribution in [3.63, 3.8) is 0 Å². The smallest absolute Gasteiger partial charge is 0.280 e. The van der Waals surface area contributed by atoms with E-state index in [0.717, 1.165) is 17.0 Å². The van der Waals surface area contributed by atoms with Crippen molar-refractivity contribution in [2.24, 2.45) is 0 Å². The largest absolute Gasteiger partial charge is 0.304 e. The van der Waals surface area contributed by atoms with E-state index < -0.39 is 27.7 Å². The van der Waals surface area contributed by atoms with Gasteiger partial charge in [-0.1, -0.05) is 6.07 Å². The Balaban J connectivity index is 1.68. The van der Waals surface area contributed by atoms with Gasteiger partial charge in [0.25, 0.3) is 11.8 Å². The summed E-state index contributed by atoms with van der Waals surface area (Å²) in [6.07, 6.45) is 1.41. The predicted molar refractivity (Wildman–Crippen MR) is 101 cm³/mol. The molecule has 3 heterocycles. The van der Waals surface area contributed by atoms with Gasteiger partial charge in [-0.3, -0.25) is 19.5 Å². The Kier molecular flexibility index (Phi) is 4.93. The van der Waals surface area contributed by atoms with E-state index in [4.69, 9.17) is 0 Å². The van der Waals surface area contributed by atoms with Crippen LogP contribution >= 0.6 is 0 Å². The van der Waals surface area contributed by atoms with Gasteiger partial charge < -0.3 is 4.90 Å². The van der Waals surface area contributed by atoms with Gasteiger partial charge in [0.2, 0.25) is 10.0 Å². The number of rotatable bonds is 4. The number of hydrogen-bond acceptors (Lipinski definition) is 6. The van der Waals surface area contributed by atoms with Crippen LogP contribution in [-0.2, 0) is 16.6 Å². The third-order valence-electron chi connectivity index (χ3n) is 5.17. The number of carbonyl (C=O) groups excluding carboxylic acids is 2. The lowest BCUT2D eigenvalue weighted by Crippen LogP contribution is -2.47. The Bertz CT molecular complexity index is 1060. The molecule has 1 aromatic heterocycles. The molecule has 1 aromatic carbocycles. The molecule has 0 bridgehead atoms. The number of sulfonamides is 1. The van der Waals surface area contributed by atoms with E-state index in [1.54, 1.807) is 6.07 Å². The molecule has 10 heteroatoms. The minimum Gasteiger partial charge on any atom is -0.304 e. The summed E-state index contributed by atoms with van der Waals surface area (Å²) in [6, 6.07) is 6.41. The van der Waals surface area contributed by atoms with E-state index in [1.807, 2.05) is 11.9 Å². The van der Waals surface area contributed by atoms with Gasteiger partial charge in [-0.15, -0.1) is 0 Å². The molecule has 2 aromatic rings. The molecule has 0 unspecified atom stereocenters. The lowest BCUT2D eigenvalue weighted by atomic mass is 10.2. The molecule has 0 saturated carbocycles. The number of benzene rings is 1. The van der Waals surface area contributed by atoms with Gasteiger partial charge in [0, 0.05) is 32.4 Å². The van der Waals surface area contributed by atoms with Gasteiger partial charge >= 0.3 is 0 Å². The Morgan fingerprint density at radius 3 is 2.48 bits per heavy atom. The molecule has 2 aliphatic rings. The minimum absolute atomic E-state index is 0.0306. The van der Waals surface area contributed by atoms with Crippen molar-refractivity contribution in [2.45, 2.75) is 11.4 Å². The van der Waals surface area contributed by atoms with Crippen molar-refractivity contribution in [1.82, 2.24) is 19.1 Å². The van der Waals surface area contributed by atoms with Crippen LogP contribution in [0.15, 0.2) is 41.4 Å². The maximum atomic E-state index is 13.9. The van der Waals surface area contributed by atoms with Crippen molar-refractivity contribution >= 4 is 21.8 Å². The molecule has 0 aliphatic carbocycles. The normalized spacial score (nSPS) is 18.3. The fourth-order valence-corrected chi connectivity index (χ4v) is 5.14. The summed E-state index contributed by atoms with van der Waals surface area (Å²) in [5, 5.41) is 0. The van der Waals surface area contributed by atoms with Gasteiger partial charge in [-0.2, -0.15) is 4.31 Å². The lowest BCUT2D eigenvalue weighted by molar-refractivity contribution is 0.0639. The highest BCUT2D eigenvalue weighted by Gasteiger charge is 2.38. The molecule has 29 heavy (non-hydrogen) atoms. The van der Waals surface area contributed by atoms with Gasteiger partial charge in [0.05, 0.1) is 17.0 Å². The standard InChI is InChI=1S/C19H19FN4O4S/c1-22-7-9-23(10-8-22)29(27,28)16-11-14(20)5-4-13(16)12-24-18(25)15-3-2-6-21-17(15)19(24)26/h2-6,11H,7-10,12H2,1H3. The van der Waals surface area contributed by atoms with Crippen LogP contribution in [0, 0.1) is 5.82 Å². The highest BCUT2D eigenvalue weighted by molar-refractivity contribution is 7.89. The summed E-state index contributed by atoms with van der Waals surface area (Å²) in [5.41, 5.74) is 0.381. The van der Waals surface area contributed by atoms with Gasteiger partial charge in [-0.25, -0.2) is 12.8 Å². The SMILES string of the molecule is CN1CCN(S(=O)(=O)c2cc(F)ccc2CN2C(=O)c3cccnc3C2=O)CC1. The topological polar surface area (TPSA) is 90.9 Å². The van der Waals surface area contributed by atoms with Gasteiger partial charge in [-0.05, 0) is 36.9 Å². The van der Waals surface area contributed by atoms with Crippen LogP contribution in [0.1, 0.15) is 26.4 Å². The maximum absolute atomic E-state index is 13.9. The Hall–Kier alpha value is -2.69. The lowest BCUT2D eigenvalue weighted by Gasteiger charge is -2.32. The zero-order valence-electron chi connectivity index (χ0n) is 15.7. The number of amides is 2. The fourth-order valence-electron chi connectivity index (χ4n) is 3.49. The van der Waals surface area contributed by atoms with Crippen molar-refractivity contribution in [3.8, 4) is 0 Å². The molecular weight excluding hydrogens is 399 g/mol. The molecular formula is C19H19FN4O4S. The molecule has 1 saturated heterocycles. The average Bonchev–Trinajstić information content (AvgIpc) is 2.94. The third kappa shape index (κ3) is 3.43. The molecule has 0 atom stereocenters. The van der Waals surface area contributed by atoms with E-state index in [0.29, 0.717) is 13.1 Å². The second-order valence-corrected chi connectivity index (χ2v) is 8.96. The van der Waals surface area contributed by atoms with E-state index in [1.165, 1.54) is 22.6 Å². The number of fused-ring (bicyclic) bond motifs is 1. The number of pyridine rings is 1. The number of imide groups is 1. The Labute approximate surface area is 167 Å². The first kappa shape index (κ1) is 19.6. The molecule has 8 nitrogen and oxygen atoms in total. The number of aromatic nitrogens is 1. The first-order valence-corrected chi connectivity index (χ1v) is 10.5. The summed E-state index contributed by atoms with van der Waals surface area (Å²) in [5.74, 6) is -1.85. The van der Waals surface area contributed by atoms with Crippen LogP contribution in [0.3, 0.4) is 0 Å². The molecule has 152 valence electrons. The second-order valence-electron chi connectivity index (χ2n) is 7.06. The van der Waals surface area contributed by atoms with Crippen LogP contribution in [0.2, 0.25) is 0 Å². The summed E-state index contributed by atoms with van der Waals surface area (Å²) in [7, 11) is -2.08. The second kappa shape index (κ2) is 7.29. The summed E-state index contributed by atoms with van der Waals surface area (Å²) in [6.45, 7) is 1.41. The van der Waals surface area contributed by atoms with Crippen molar-refractivity contribution < 1.29 is 22.4 Å². The van der Waals surface area contributed by atoms with E-state index in [2.05, 4.69) is 4.98 Å². The Morgan fingerprint density at radius 1 is 1.07 bits per heavy atom. The summed E-state index contributed by atoms with van der Waals surface area (Å²) in [4.78, 5) is 31.8.